The molecule has 0 radical (unpaired) electrons. The normalized spacial score (nSPS) is 27.1. The molecule has 1 saturated carbocycles. The third kappa shape index (κ3) is 4.38. The van der Waals surface area contributed by atoms with Gasteiger partial charge < -0.3 is 10.6 Å². The van der Waals surface area contributed by atoms with Crippen LogP contribution in [0.2, 0.25) is 0 Å². The first-order chi connectivity index (χ1) is 9.33. The highest BCUT2D eigenvalue weighted by Gasteiger charge is 2.35. The lowest BCUT2D eigenvalue weighted by molar-refractivity contribution is -0.134. The van der Waals surface area contributed by atoms with Crippen molar-refractivity contribution < 1.29 is 4.79 Å². The Labute approximate surface area is 121 Å². The lowest BCUT2D eigenvalue weighted by Crippen LogP contribution is -2.51. The number of nitrogens with two attached hydrogens (primary N) is 1. The number of unbranched alkanes of at least 4 members (excludes halogenated alkanes) is 3. The van der Waals surface area contributed by atoms with Crippen molar-refractivity contribution in [1.82, 2.24) is 4.90 Å². The molecule has 3 nitrogen and oxygen atoms in total. The molecule has 2 N–H and O–H groups in total. The molecule has 2 fully saturated rings. The molecule has 0 aromatic carbocycles. The Hall–Kier alpha value is -0.220. The first kappa shape index (κ1) is 15.2. The minimum Gasteiger partial charge on any atom is -0.338 e. The Morgan fingerprint density at radius 2 is 1.95 bits per heavy atom. The summed E-state index contributed by atoms with van der Waals surface area (Å²) in [6, 6.07) is 0.545. The second kappa shape index (κ2) is 8.15. The van der Waals surface area contributed by atoms with Gasteiger partial charge in [0.05, 0.1) is 0 Å². The molecule has 1 aliphatic carbocycles. The maximum absolute atomic E-state index is 12.4. The second-order valence-electron chi connectivity index (χ2n) is 5.80. The molecule has 19 heavy (non-hydrogen) atoms. The van der Waals surface area contributed by atoms with Crippen molar-refractivity contribution in [2.75, 3.05) is 18.8 Å². The highest BCUT2D eigenvalue weighted by molar-refractivity contribution is 8.00. The van der Waals surface area contributed by atoms with Gasteiger partial charge in [-0.15, -0.1) is 0 Å². The summed E-state index contributed by atoms with van der Waals surface area (Å²) in [5.74, 6) is 1.55. The first-order valence-corrected chi connectivity index (χ1v) is 8.99. The molecule has 2 rings (SSSR count). The van der Waals surface area contributed by atoms with Crippen LogP contribution in [0.25, 0.3) is 0 Å². The highest BCUT2D eigenvalue weighted by atomic mass is 32.2. The van der Waals surface area contributed by atoms with Crippen LogP contribution in [-0.2, 0) is 4.79 Å². The molecule has 4 heteroatoms. The van der Waals surface area contributed by atoms with Gasteiger partial charge in [-0.3, -0.25) is 4.79 Å². The van der Waals surface area contributed by atoms with E-state index in [9.17, 15) is 4.79 Å². The van der Waals surface area contributed by atoms with E-state index in [4.69, 9.17) is 5.73 Å². The average Bonchev–Trinajstić information content (AvgIpc) is 2.46. The summed E-state index contributed by atoms with van der Waals surface area (Å²) in [5, 5.41) is 0.726. The largest absolute Gasteiger partial charge is 0.338 e. The molecule has 1 aliphatic heterocycles. The zero-order valence-corrected chi connectivity index (χ0v) is 12.8. The third-order valence-corrected chi connectivity index (χ3v) is 5.79. The lowest BCUT2D eigenvalue weighted by atomic mass is 9.93. The summed E-state index contributed by atoms with van der Waals surface area (Å²) >= 11 is 2.10. The molecule has 0 unspecified atom stereocenters. The van der Waals surface area contributed by atoms with E-state index < -0.39 is 0 Å². The highest BCUT2D eigenvalue weighted by Crippen LogP contribution is 2.35. The molecule has 2 aliphatic rings. The molecule has 0 bridgehead atoms. The number of carbonyl (C=O) groups is 1. The van der Waals surface area contributed by atoms with Crippen LogP contribution in [-0.4, -0.2) is 40.9 Å². The summed E-state index contributed by atoms with van der Waals surface area (Å²) in [6.45, 7) is 1.76. The van der Waals surface area contributed by atoms with E-state index in [1.807, 2.05) is 0 Å². The molecule has 0 aromatic rings. The summed E-state index contributed by atoms with van der Waals surface area (Å²) in [4.78, 5) is 14.6. The number of thioether (sulfide) groups is 1. The minimum atomic E-state index is 0.407. The van der Waals surface area contributed by atoms with Crippen LogP contribution < -0.4 is 5.73 Å². The SMILES string of the molecule is NCCCCCCC(=O)N1CCS[C@@H]2CCCC[C@H]21. The summed E-state index contributed by atoms with van der Waals surface area (Å²) < 4.78 is 0. The third-order valence-electron chi connectivity index (χ3n) is 4.40. The molecule has 1 amide bonds. The number of carbonyl (C=O) groups excluding carboxylic acids is 1. The Bertz CT molecular complexity index is 283. The quantitative estimate of drug-likeness (QED) is 0.763. The Balaban J connectivity index is 1.74. The molecule has 1 heterocycles. The molecule has 1 saturated heterocycles. The fraction of sp³-hybridized carbons (Fsp3) is 0.933. The van der Waals surface area contributed by atoms with Crippen LogP contribution in [0.15, 0.2) is 0 Å². The van der Waals surface area contributed by atoms with E-state index >= 15 is 0 Å². The van der Waals surface area contributed by atoms with Gasteiger partial charge in [0, 0.05) is 30.0 Å². The fourth-order valence-electron chi connectivity index (χ4n) is 3.32. The van der Waals surface area contributed by atoms with Gasteiger partial charge in [-0.1, -0.05) is 25.7 Å². The summed E-state index contributed by atoms with van der Waals surface area (Å²) in [6.07, 6.45) is 10.4. The monoisotopic (exact) mass is 284 g/mol. The number of nitrogens with zero attached hydrogens (tertiary/aromatic N) is 1. The minimum absolute atomic E-state index is 0.407. The molecule has 110 valence electrons. The maximum atomic E-state index is 12.4. The van der Waals surface area contributed by atoms with Crippen molar-refractivity contribution in [2.45, 2.75) is 69.1 Å². The van der Waals surface area contributed by atoms with Gasteiger partial charge >= 0.3 is 0 Å². The number of fused-ring (bicyclic) bond motifs is 1. The fourth-order valence-corrected chi connectivity index (χ4v) is 4.77. The van der Waals surface area contributed by atoms with E-state index in [0.717, 1.165) is 49.8 Å². The topological polar surface area (TPSA) is 46.3 Å². The number of hydrogen-bond donors (Lipinski definition) is 1. The summed E-state index contributed by atoms with van der Waals surface area (Å²) in [5.41, 5.74) is 5.48. The van der Waals surface area contributed by atoms with Crippen molar-refractivity contribution in [1.29, 1.82) is 0 Å². The molecule has 0 spiro atoms. The zero-order chi connectivity index (χ0) is 13.5. The van der Waals surface area contributed by atoms with Gasteiger partial charge in [0.1, 0.15) is 0 Å². The van der Waals surface area contributed by atoms with Gasteiger partial charge in [0.2, 0.25) is 5.91 Å². The first-order valence-electron chi connectivity index (χ1n) is 7.94. The number of hydrogen-bond acceptors (Lipinski definition) is 3. The number of amides is 1. The zero-order valence-electron chi connectivity index (χ0n) is 12.0. The van der Waals surface area contributed by atoms with Crippen molar-refractivity contribution in [2.24, 2.45) is 5.73 Å². The second-order valence-corrected chi connectivity index (χ2v) is 7.15. The number of rotatable bonds is 6. The van der Waals surface area contributed by atoms with E-state index in [0.29, 0.717) is 11.9 Å². The molecular formula is C15H28N2OS. The molecule has 0 aromatic heterocycles. The van der Waals surface area contributed by atoms with E-state index in [1.165, 1.54) is 32.1 Å². The van der Waals surface area contributed by atoms with Gasteiger partial charge in [-0.25, -0.2) is 0 Å². The molecular weight excluding hydrogens is 256 g/mol. The standard InChI is InChI=1S/C15H28N2OS/c16-10-6-2-1-3-9-15(18)17-11-12-19-14-8-5-4-7-13(14)17/h13-14H,1-12,16H2/t13-,14-/m1/s1. The smallest absolute Gasteiger partial charge is 0.222 e. The van der Waals surface area contributed by atoms with Gasteiger partial charge in [-0.2, -0.15) is 11.8 Å². The van der Waals surface area contributed by atoms with Crippen LogP contribution in [0.4, 0.5) is 0 Å². The molecule has 2 atom stereocenters. The van der Waals surface area contributed by atoms with Crippen LogP contribution in [0, 0.1) is 0 Å². The van der Waals surface area contributed by atoms with E-state index in [-0.39, 0.29) is 0 Å². The van der Waals surface area contributed by atoms with E-state index in [1.54, 1.807) is 0 Å². The van der Waals surface area contributed by atoms with Crippen LogP contribution in [0.5, 0.6) is 0 Å². The predicted octanol–water partition coefficient (Wildman–Crippen LogP) is 2.78. The van der Waals surface area contributed by atoms with Crippen molar-refractivity contribution in [3.63, 3.8) is 0 Å². The van der Waals surface area contributed by atoms with Crippen molar-refractivity contribution in [3.8, 4) is 0 Å². The van der Waals surface area contributed by atoms with Crippen LogP contribution in [0.1, 0.15) is 57.8 Å². The Morgan fingerprint density at radius 3 is 2.79 bits per heavy atom. The van der Waals surface area contributed by atoms with Gasteiger partial charge in [0.25, 0.3) is 0 Å². The van der Waals surface area contributed by atoms with Crippen LogP contribution >= 0.6 is 11.8 Å². The maximum Gasteiger partial charge on any atom is 0.222 e. The van der Waals surface area contributed by atoms with E-state index in [2.05, 4.69) is 16.7 Å². The Kier molecular flexibility index (Phi) is 6.51. The van der Waals surface area contributed by atoms with Crippen molar-refractivity contribution in [3.05, 3.63) is 0 Å². The van der Waals surface area contributed by atoms with Gasteiger partial charge in [0.15, 0.2) is 0 Å². The predicted molar refractivity (Wildman–Crippen MR) is 82.4 cm³/mol. The summed E-state index contributed by atoms with van der Waals surface area (Å²) in [7, 11) is 0. The lowest BCUT2D eigenvalue weighted by Gasteiger charge is -2.43. The van der Waals surface area contributed by atoms with Gasteiger partial charge in [-0.05, 0) is 32.2 Å². The van der Waals surface area contributed by atoms with Crippen LogP contribution in [0.3, 0.4) is 0 Å². The Morgan fingerprint density at radius 1 is 1.16 bits per heavy atom. The average molecular weight is 284 g/mol. The van der Waals surface area contributed by atoms with Crippen molar-refractivity contribution >= 4 is 17.7 Å².